The Kier molecular flexibility index (Phi) is 4.11. The van der Waals surface area contributed by atoms with Gasteiger partial charge in [-0.05, 0) is 18.2 Å². The first-order valence-electron chi connectivity index (χ1n) is 9.16. The molecule has 5 rings (SSSR count). The molecule has 2 aromatic heterocycles. The van der Waals surface area contributed by atoms with E-state index in [-0.39, 0.29) is 17.0 Å². The van der Waals surface area contributed by atoms with Gasteiger partial charge in [0.2, 0.25) is 0 Å². The molecule has 0 bridgehead atoms. The summed E-state index contributed by atoms with van der Waals surface area (Å²) in [6.45, 7) is 2.16. The summed E-state index contributed by atoms with van der Waals surface area (Å²) >= 11 is 1.39. The van der Waals surface area contributed by atoms with Crippen molar-refractivity contribution in [3.8, 4) is 5.75 Å². The van der Waals surface area contributed by atoms with Gasteiger partial charge in [0.1, 0.15) is 11.3 Å². The molecule has 0 atom stereocenters. The Bertz CT molecular complexity index is 1120. The van der Waals surface area contributed by atoms with Gasteiger partial charge >= 0.3 is 0 Å². The van der Waals surface area contributed by atoms with Crippen LogP contribution in [0.2, 0.25) is 0 Å². The van der Waals surface area contributed by atoms with E-state index in [0.29, 0.717) is 49.9 Å². The number of methoxy groups -OCH3 is 1. The van der Waals surface area contributed by atoms with E-state index in [0.717, 1.165) is 10.2 Å². The fourth-order valence-electron chi connectivity index (χ4n) is 3.86. The van der Waals surface area contributed by atoms with E-state index in [1.807, 2.05) is 12.1 Å². The summed E-state index contributed by atoms with van der Waals surface area (Å²) in [7, 11) is 1.60. The molecule has 4 heterocycles. The van der Waals surface area contributed by atoms with E-state index in [9.17, 15) is 9.59 Å². The molecular formula is C19H19N3O5S. The van der Waals surface area contributed by atoms with Crippen molar-refractivity contribution in [2.45, 2.75) is 18.6 Å². The molecule has 2 saturated heterocycles. The molecule has 3 aromatic rings. The smallest absolute Gasteiger partial charge is 0.271 e. The summed E-state index contributed by atoms with van der Waals surface area (Å²) in [6.07, 6.45) is 2.60. The minimum absolute atomic E-state index is 0.0808. The standard InChI is InChI=1S/C19H19N3O5S/c1-25-12-2-3-14-15(10-12)28-18-20-11-13(17(24)22(14)18)16(23)21-6-4-19(5-7-21)26-8-9-27-19/h2-3,10-11H,4-9H2,1H3. The Labute approximate surface area is 164 Å². The fourth-order valence-corrected chi connectivity index (χ4v) is 4.88. The molecule has 0 saturated carbocycles. The second-order valence-corrected chi connectivity index (χ2v) is 7.94. The Morgan fingerprint density at radius 1 is 1.25 bits per heavy atom. The molecule has 146 valence electrons. The van der Waals surface area contributed by atoms with Crippen LogP contribution in [0.1, 0.15) is 23.2 Å². The van der Waals surface area contributed by atoms with Crippen LogP contribution in [0, 0.1) is 0 Å². The minimum atomic E-state index is -0.559. The number of aromatic nitrogens is 2. The monoisotopic (exact) mass is 401 g/mol. The number of likely N-dealkylation sites (tertiary alicyclic amines) is 1. The van der Waals surface area contributed by atoms with Crippen molar-refractivity contribution in [3.05, 3.63) is 40.3 Å². The molecule has 28 heavy (non-hydrogen) atoms. The number of piperidine rings is 1. The Balaban J connectivity index is 1.49. The molecule has 0 aliphatic carbocycles. The van der Waals surface area contributed by atoms with E-state index in [1.165, 1.54) is 21.9 Å². The van der Waals surface area contributed by atoms with Crippen LogP contribution in [0.15, 0.2) is 29.2 Å². The van der Waals surface area contributed by atoms with Gasteiger partial charge in [-0.1, -0.05) is 11.3 Å². The van der Waals surface area contributed by atoms with E-state index in [4.69, 9.17) is 14.2 Å². The van der Waals surface area contributed by atoms with Crippen molar-refractivity contribution in [1.29, 1.82) is 0 Å². The zero-order chi connectivity index (χ0) is 19.3. The first-order chi connectivity index (χ1) is 13.6. The Hall–Kier alpha value is -2.49. The highest BCUT2D eigenvalue weighted by molar-refractivity contribution is 7.23. The van der Waals surface area contributed by atoms with E-state index in [1.54, 1.807) is 18.1 Å². The molecule has 1 amide bonds. The van der Waals surface area contributed by atoms with E-state index in [2.05, 4.69) is 4.98 Å². The highest BCUT2D eigenvalue weighted by Crippen LogP contribution is 2.32. The summed E-state index contributed by atoms with van der Waals surface area (Å²) in [6, 6.07) is 5.47. The van der Waals surface area contributed by atoms with Gasteiger partial charge in [0.15, 0.2) is 10.7 Å². The molecule has 2 aliphatic heterocycles. The lowest BCUT2D eigenvalue weighted by atomic mass is 10.0. The van der Waals surface area contributed by atoms with Crippen LogP contribution in [0.4, 0.5) is 0 Å². The lowest BCUT2D eigenvalue weighted by Crippen LogP contribution is -2.48. The first kappa shape index (κ1) is 17.6. The van der Waals surface area contributed by atoms with Crippen LogP contribution in [0.3, 0.4) is 0 Å². The first-order valence-corrected chi connectivity index (χ1v) is 9.97. The second-order valence-electron chi connectivity index (χ2n) is 6.93. The number of carbonyl (C=O) groups is 1. The van der Waals surface area contributed by atoms with Gasteiger partial charge in [0.05, 0.1) is 30.5 Å². The average Bonchev–Trinajstić information content (AvgIpc) is 3.32. The fraction of sp³-hybridized carbons (Fsp3) is 0.421. The third-order valence-electron chi connectivity index (χ3n) is 5.39. The third kappa shape index (κ3) is 2.69. The lowest BCUT2D eigenvalue weighted by molar-refractivity contribution is -0.181. The molecule has 1 aromatic carbocycles. The van der Waals surface area contributed by atoms with Crippen LogP contribution in [-0.4, -0.2) is 59.4 Å². The van der Waals surface area contributed by atoms with Gasteiger partial charge < -0.3 is 19.1 Å². The summed E-state index contributed by atoms with van der Waals surface area (Å²) in [5.41, 5.74) is 0.454. The number of thiazole rings is 1. The predicted molar refractivity (Wildman–Crippen MR) is 103 cm³/mol. The molecule has 2 aliphatic rings. The van der Waals surface area contributed by atoms with Gasteiger partial charge in [-0.15, -0.1) is 0 Å². The van der Waals surface area contributed by atoms with E-state index >= 15 is 0 Å². The van der Waals surface area contributed by atoms with Crippen molar-refractivity contribution >= 4 is 32.4 Å². The quantitative estimate of drug-likeness (QED) is 0.652. The number of rotatable bonds is 2. The molecule has 0 unspecified atom stereocenters. The molecular weight excluding hydrogens is 382 g/mol. The number of benzene rings is 1. The highest BCUT2D eigenvalue weighted by Gasteiger charge is 2.41. The van der Waals surface area contributed by atoms with Crippen LogP contribution < -0.4 is 10.3 Å². The summed E-state index contributed by atoms with van der Waals surface area (Å²) in [4.78, 5) is 32.7. The van der Waals surface area contributed by atoms with Crippen molar-refractivity contribution < 1.29 is 19.0 Å². The zero-order valence-electron chi connectivity index (χ0n) is 15.3. The third-order valence-corrected chi connectivity index (χ3v) is 6.41. The van der Waals surface area contributed by atoms with Crippen molar-refractivity contribution in [2.24, 2.45) is 0 Å². The SMILES string of the molecule is COc1ccc2c(c1)sc1ncc(C(=O)N3CCC4(CC3)OCCO4)c(=O)n12. The maximum atomic E-state index is 13.1. The van der Waals surface area contributed by atoms with Gasteiger partial charge in [0.25, 0.3) is 11.5 Å². The minimum Gasteiger partial charge on any atom is -0.497 e. The highest BCUT2D eigenvalue weighted by atomic mass is 32.1. The molecule has 0 radical (unpaired) electrons. The van der Waals surface area contributed by atoms with Crippen molar-refractivity contribution in [2.75, 3.05) is 33.4 Å². The topological polar surface area (TPSA) is 82.4 Å². The Morgan fingerprint density at radius 2 is 2.00 bits per heavy atom. The lowest BCUT2D eigenvalue weighted by Gasteiger charge is -2.37. The summed E-state index contributed by atoms with van der Waals surface area (Å²) < 4.78 is 19.0. The number of hydrogen-bond donors (Lipinski definition) is 0. The number of hydrogen-bond acceptors (Lipinski definition) is 7. The number of nitrogens with zero attached hydrogens (tertiary/aromatic N) is 3. The van der Waals surface area contributed by atoms with Crippen LogP contribution in [0.25, 0.3) is 15.2 Å². The summed E-state index contributed by atoms with van der Waals surface area (Å²) in [5, 5.41) is 0. The number of amides is 1. The maximum absolute atomic E-state index is 13.1. The zero-order valence-corrected chi connectivity index (χ0v) is 16.2. The van der Waals surface area contributed by atoms with Crippen LogP contribution >= 0.6 is 11.3 Å². The van der Waals surface area contributed by atoms with Gasteiger partial charge in [0, 0.05) is 32.1 Å². The average molecular weight is 401 g/mol. The van der Waals surface area contributed by atoms with Crippen molar-refractivity contribution in [1.82, 2.24) is 14.3 Å². The van der Waals surface area contributed by atoms with Crippen LogP contribution in [-0.2, 0) is 9.47 Å². The number of carbonyl (C=O) groups excluding carboxylic acids is 1. The van der Waals surface area contributed by atoms with Crippen LogP contribution in [0.5, 0.6) is 5.75 Å². The predicted octanol–water partition coefficient (Wildman–Crippen LogP) is 1.90. The van der Waals surface area contributed by atoms with Crippen molar-refractivity contribution in [3.63, 3.8) is 0 Å². The van der Waals surface area contributed by atoms with Gasteiger partial charge in [-0.25, -0.2) is 4.98 Å². The van der Waals surface area contributed by atoms with Gasteiger partial charge in [-0.3, -0.25) is 14.0 Å². The summed E-state index contributed by atoms with van der Waals surface area (Å²) in [5.74, 6) is -0.147. The number of ether oxygens (including phenoxy) is 3. The van der Waals surface area contributed by atoms with E-state index < -0.39 is 5.79 Å². The van der Waals surface area contributed by atoms with Gasteiger partial charge in [-0.2, -0.15) is 0 Å². The largest absolute Gasteiger partial charge is 0.497 e. The molecule has 9 heteroatoms. The molecule has 0 N–H and O–H groups in total. The normalized spacial score (nSPS) is 19.0. The second kappa shape index (κ2) is 6.54. The molecule has 2 fully saturated rings. The Morgan fingerprint density at radius 3 is 2.71 bits per heavy atom. The maximum Gasteiger partial charge on any atom is 0.271 e. The molecule has 8 nitrogen and oxygen atoms in total. The number of fused-ring (bicyclic) bond motifs is 3. The molecule has 1 spiro atoms.